The van der Waals surface area contributed by atoms with Crippen LogP contribution in [0.5, 0.6) is 5.75 Å². The number of nitrogens with one attached hydrogen (secondary N) is 1. The second-order valence-electron chi connectivity index (χ2n) is 6.36. The van der Waals surface area contributed by atoms with E-state index in [9.17, 15) is 9.90 Å². The molecule has 1 aromatic carbocycles. The van der Waals surface area contributed by atoms with Crippen molar-refractivity contribution in [2.45, 2.75) is 46.3 Å². The Hall–Kier alpha value is -1.27. The van der Waals surface area contributed by atoms with Gasteiger partial charge >= 0.3 is 6.09 Å². The molecule has 0 aliphatic rings. The van der Waals surface area contributed by atoms with E-state index in [0.717, 1.165) is 23.0 Å². The number of rotatable bonds is 7. The van der Waals surface area contributed by atoms with E-state index in [2.05, 4.69) is 21.2 Å². The number of carbonyl (C=O) groups excluding carboxylic acids is 1. The zero-order chi connectivity index (χ0) is 17.5. The number of phenols is 1. The van der Waals surface area contributed by atoms with Gasteiger partial charge in [0.25, 0.3) is 0 Å². The molecule has 1 rings (SSSR count). The summed E-state index contributed by atoms with van der Waals surface area (Å²) in [5.41, 5.74) is 0.375. The third-order valence-electron chi connectivity index (χ3n) is 3.17. The first-order valence-corrected chi connectivity index (χ1v) is 8.68. The molecule has 23 heavy (non-hydrogen) atoms. The number of nitrogens with zero attached hydrogens (tertiary/aromatic N) is 1. The lowest BCUT2D eigenvalue weighted by Gasteiger charge is -2.26. The number of phenolic OH excluding ortho intramolecular Hbond substituents is 1. The number of carbonyl (C=O) groups is 1. The predicted octanol–water partition coefficient (Wildman–Crippen LogP) is 3.89. The highest BCUT2D eigenvalue weighted by Gasteiger charge is 2.20. The maximum atomic E-state index is 12.0. The first-order valence-electron chi connectivity index (χ1n) is 7.89. The van der Waals surface area contributed by atoms with Crippen molar-refractivity contribution in [2.75, 3.05) is 19.6 Å². The lowest BCUT2D eigenvalue weighted by atomic mass is 10.2. The van der Waals surface area contributed by atoms with Crippen LogP contribution in [0.1, 0.15) is 39.7 Å². The van der Waals surface area contributed by atoms with Gasteiger partial charge in [-0.05, 0) is 58.9 Å². The fraction of sp³-hybridized carbons (Fsp3) is 0.588. The summed E-state index contributed by atoms with van der Waals surface area (Å²) in [7, 11) is 0. The Morgan fingerprint density at radius 3 is 2.70 bits per heavy atom. The Morgan fingerprint density at radius 2 is 2.09 bits per heavy atom. The molecule has 0 fully saturated rings. The van der Waals surface area contributed by atoms with Crippen molar-refractivity contribution >= 4 is 22.0 Å². The molecule has 0 unspecified atom stereocenters. The molecular formula is C17H27BrN2O3. The van der Waals surface area contributed by atoms with Crippen molar-refractivity contribution < 1.29 is 14.6 Å². The molecule has 0 saturated carbocycles. The van der Waals surface area contributed by atoms with Gasteiger partial charge in [-0.25, -0.2) is 4.79 Å². The van der Waals surface area contributed by atoms with Crippen LogP contribution in [0, 0.1) is 0 Å². The second kappa shape index (κ2) is 9.13. The average molecular weight is 387 g/mol. The number of hydrogen-bond acceptors (Lipinski definition) is 4. The van der Waals surface area contributed by atoms with Gasteiger partial charge in [-0.1, -0.05) is 15.9 Å². The van der Waals surface area contributed by atoms with Crippen molar-refractivity contribution in [2.24, 2.45) is 0 Å². The van der Waals surface area contributed by atoms with Crippen LogP contribution in [-0.2, 0) is 11.3 Å². The molecule has 0 aromatic heterocycles. The quantitative estimate of drug-likeness (QED) is 0.697. The lowest BCUT2D eigenvalue weighted by Crippen LogP contribution is -2.38. The number of ether oxygens (including phenoxy) is 1. The summed E-state index contributed by atoms with van der Waals surface area (Å²) in [6, 6.07) is 5.36. The monoisotopic (exact) mass is 386 g/mol. The summed E-state index contributed by atoms with van der Waals surface area (Å²) in [5, 5.41) is 13.0. The Bertz CT molecular complexity index is 515. The topological polar surface area (TPSA) is 61.8 Å². The van der Waals surface area contributed by atoms with E-state index in [0.29, 0.717) is 19.6 Å². The molecule has 5 nitrogen and oxygen atoms in total. The Balaban J connectivity index is 2.32. The summed E-state index contributed by atoms with van der Waals surface area (Å²) < 4.78 is 6.31. The van der Waals surface area contributed by atoms with Gasteiger partial charge in [-0.2, -0.15) is 0 Å². The highest BCUT2D eigenvalue weighted by Crippen LogP contribution is 2.21. The third kappa shape index (κ3) is 7.70. The van der Waals surface area contributed by atoms with Crippen LogP contribution < -0.4 is 5.32 Å². The number of benzene rings is 1. The van der Waals surface area contributed by atoms with Crippen molar-refractivity contribution in [3.8, 4) is 5.75 Å². The molecular weight excluding hydrogens is 360 g/mol. The first-order chi connectivity index (χ1) is 10.7. The summed E-state index contributed by atoms with van der Waals surface area (Å²) in [4.78, 5) is 13.7. The Morgan fingerprint density at radius 1 is 1.39 bits per heavy atom. The molecule has 0 heterocycles. The van der Waals surface area contributed by atoms with E-state index in [1.165, 1.54) is 0 Å². The summed E-state index contributed by atoms with van der Waals surface area (Å²) in [6.07, 6.45) is 0.548. The molecule has 0 radical (unpaired) electrons. The molecule has 1 aromatic rings. The molecule has 6 heteroatoms. The van der Waals surface area contributed by atoms with Crippen LogP contribution in [0.3, 0.4) is 0 Å². The number of hydrogen-bond donors (Lipinski definition) is 2. The first kappa shape index (κ1) is 19.8. The van der Waals surface area contributed by atoms with Crippen LogP contribution in [0.25, 0.3) is 0 Å². The van der Waals surface area contributed by atoms with Crippen LogP contribution >= 0.6 is 15.9 Å². The maximum absolute atomic E-state index is 12.0. The zero-order valence-corrected chi connectivity index (χ0v) is 15.9. The van der Waals surface area contributed by atoms with Gasteiger partial charge in [-0.3, -0.25) is 0 Å². The standard InChI is InChI=1S/C17H27BrN2O3/c1-5-20(16(22)23-17(2,3)4)10-6-9-19-12-13-11-14(18)7-8-15(13)21/h7-8,11,19,21H,5-6,9-10,12H2,1-4H3. The minimum Gasteiger partial charge on any atom is -0.508 e. The minimum atomic E-state index is -0.471. The van der Waals surface area contributed by atoms with Crippen molar-refractivity contribution in [3.63, 3.8) is 0 Å². The van der Waals surface area contributed by atoms with Gasteiger partial charge in [0.15, 0.2) is 0 Å². The van der Waals surface area contributed by atoms with E-state index < -0.39 is 5.60 Å². The van der Waals surface area contributed by atoms with Gasteiger partial charge in [-0.15, -0.1) is 0 Å². The van der Waals surface area contributed by atoms with Crippen LogP contribution in [0.2, 0.25) is 0 Å². The zero-order valence-electron chi connectivity index (χ0n) is 14.4. The largest absolute Gasteiger partial charge is 0.508 e. The fourth-order valence-corrected chi connectivity index (χ4v) is 2.43. The SMILES string of the molecule is CCN(CCCNCc1cc(Br)ccc1O)C(=O)OC(C)(C)C. The summed E-state index contributed by atoms with van der Waals surface area (Å²) in [5.74, 6) is 0.282. The highest BCUT2D eigenvalue weighted by molar-refractivity contribution is 9.10. The lowest BCUT2D eigenvalue weighted by molar-refractivity contribution is 0.0258. The van der Waals surface area contributed by atoms with Gasteiger partial charge in [0.05, 0.1) is 0 Å². The number of amides is 1. The van der Waals surface area contributed by atoms with E-state index in [1.807, 2.05) is 33.8 Å². The summed E-state index contributed by atoms with van der Waals surface area (Å²) >= 11 is 3.39. The van der Waals surface area contributed by atoms with Crippen molar-refractivity contribution in [1.29, 1.82) is 0 Å². The number of halogens is 1. The van der Waals surface area contributed by atoms with Gasteiger partial charge in [0.1, 0.15) is 11.4 Å². The smallest absolute Gasteiger partial charge is 0.410 e. The van der Waals surface area contributed by atoms with E-state index in [4.69, 9.17) is 4.74 Å². The third-order valence-corrected chi connectivity index (χ3v) is 3.67. The van der Waals surface area contributed by atoms with Crippen molar-refractivity contribution in [1.82, 2.24) is 10.2 Å². The van der Waals surface area contributed by atoms with Crippen molar-refractivity contribution in [3.05, 3.63) is 28.2 Å². The molecule has 0 saturated heterocycles. The number of aromatic hydroxyl groups is 1. The highest BCUT2D eigenvalue weighted by atomic mass is 79.9. The molecule has 0 aliphatic heterocycles. The molecule has 0 atom stereocenters. The molecule has 0 spiro atoms. The normalized spacial score (nSPS) is 11.3. The Kier molecular flexibility index (Phi) is 7.85. The minimum absolute atomic E-state index is 0.273. The maximum Gasteiger partial charge on any atom is 0.410 e. The second-order valence-corrected chi connectivity index (χ2v) is 7.28. The molecule has 2 N–H and O–H groups in total. The summed E-state index contributed by atoms with van der Waals surface area (Å²) in [6.45, 7) is 10.1. The van der Waals surface area contributed by atoms with Crippen LogP contribution in [0.4, 0.5) is 4.79 Å². The van der Waals surface area contributed by atoms with E-state index in [-0.39, 0.29) is 11.8 Å². The average Bonchev–Trinajstić information content (AvgIpc) is 2.44. The van der Waals surface area contributed by atoms with Gasteiger partial charge < -0.3 is 20.1 Å². The van der Waals surface area contributed by atoms with Crippen LogP contribution in [0.15, 0.2) is 22.7 Å². The molecule has 0 aliphatic carbocycles. The predicted molar refractivity (Wildman–Crippen MR) is 95.6 cm³/mol. The van der Waals surface area contributed by atoms with Crippen LogP contribution in [-0.4, -0.2) is 41.3 Å². The van der Waals surface area contributed by atoms with E-state index >= 15 is 0 Å². The molecule has 0 bridgehead atoms. The molecule has 1 amide bonds. The van der Waals surface area contributed by atoms with E-state index in [1.54, 1.807) is 17.0 Å². The van der Waals surface area contributed by atoms with Gasteiger partial charge in [0, 0.05) is 29.7 Å². The fourth-order valence-electron chi connectivity index (χ4n) is 2.02. The molecule has 130 valence electrons. The Labute approximate surface area is 147 Å². The van der Waals surface area contributed by atoms with Gasteiger partial charge in [0.2, 0.25) is 0 Å².